The molecule has 0 radical (unpaired) electrons. The van der Waals surface area contributed by atoms with Gasteiger partial charge in [0.05, 0.1) is 19.1 Å². The number of nitrogens with one attached hydrogen (secondary N) is 1. The second-order valence-electron chi connectivity index (χ2n) is 7.44. The van der Waals surface area contributed by atoms with Crippen molar-refractivity contribution >= 4 is 39.1 Å². The summed E-state index contributed by atoms with van der Waals surface area (Å²) in [5.41, 5.74) is 1.06. The lowest BCUT2D eigenvalue weighted by Crippen LogP contribution is -2.52. The molecular weight excluding hydrogens is 466 g/mol. The Balaban J connectivity index is 2.43. The number of anilines is 1. The minimum Gasteiger partial charge on any atom is -0.497 e. The van der Waals surface area contributed by atoms with Crippen LogP contribution in [0.1, 0.15) is 25.8 Å². The Morgan fingerprint density at radius 2 is 1.79 bits per heavy atom. The molecule has 2 amide bonds. The molecule has 0 heterocycles. The summed E-state index contributed by atoms with van der Waals surface area (Å²) in [7, 11) is -2.24. The molecule has 0 spiro atoms. The van der Waals surface area contributed by atoms with Crippen molar-refractivity contribution in [2.24, 2.45) is 0 Å². The number of carbonyl (C=O) groups is 2. The Hall–Kier alpha value is -2.78. The van der Waals surface area contributed by atoms with E-state index < -0.39 is 28.5 Å². The van der Waals surface area contributed by atoms with Gasteiger partial charge in [-0.25, -0.2) is 8.42 Å². The smallest absolute Gasteiger partial charge is 0.244 e. The van der Waals surface area contributed by atoms with Crippen LogP contribution in [0.3, 0.4) is 0 Å². The average molecular weight is 496 g/mol. The third-order valence-corrected chi connectivity index (χ3v) is 6.41. The molecule has 2 aromatic carbocycles. The molecule has 1 atom stereocenters. The number of hydrogen-bond donors (Lipinski definition) is 1. The molecule has 180 valence electrons. The SMILES string of the molecule is CCNC(=O)C(CC)N(Cc1cccc(OC)c1)C(=O)CN(c1ccc(Cl)cc1)S(C)(=O)=O. The zero-order valence-electron chi connectivity index (χ0n) is 19.2. The van der Waals surface area contributed by atoms with Gasteiger partial charge in [-0.2, -0.15) is 0 Å². The molecule has 0 saturated heterocycles. The van der Waals surface area contributed by atoms with Gasteiger partial charge in [-0.05, 0) is 55.3 Å². The van der Waals surface area contributed by atoms with Crippen molar-refractivity contribution in [3.63, 3.8) is 0 Å². The minimum atomic E-state index is -3.78. The first-order chi connectivity index (χ1) is 15.6. The number of likely N-dealkylation sites (N-methyl/N-ethyl adjacent to an activating group) is 1. The van der Waals surface area contributed by atoms with Gasteiger partial charge in [0.1, 0.15) is 18.3 Å². The highest BCUT2D eigenvalue weighted by molar-refractivity contribution is 7.92. The molecule has 1 unspecified atom stereocenters. The minimum absolute atomic E-state index is 0.115. The van der Waals surface area contributed by atoms with Crippen LogP contribution in [0.4, 0.5) is 5.69 Å². The van der Waals surface area contributed by atoms with E-state index in [1.165, 1.54) is 17.0 Å². The Labute approximate surface area is 200 Å². The molecule has 2 aromatic rings. The van der Waals surface area contributed by atoms with Crippen molar-refractivity contribution in [2.75, 3.05) is 30.8 Å². The van der Waals surface area contributed by atoms with E-state index in [1.807, 2.05) is 6.07 Å². The van der Waals surface area contributed by atoms with Gasteiger partial charge < -0.3 is 15.0 Å². The third kappa shape index (κ3) is 7.36. The van der Waals surface area contributed by atoms with Crippen molar-refractivity contribution in [1.82, 2.24) is 10.2 Å². The van der Waals surface area contributed by atoms with Crippen molar-refractivity contribution < 1.29 is 22.7 Å². The van der Waals surface area contributed by atoms with Crippen LogP contribution in [-0.2, 0) is 26.2 Å². The number of carbonyl (C=O) groups excluding carboxylic acids is 2. The average Bonchev–Trinajstić information content (AvgIpc) is 2.77. The number of benzene rings is 2. The summed E-state index contributed by atoms with van der Waals surface area (Å²) in [5.74, 6) is -0.185. The van der Waals surface area contributed by atoms with Gasteiger partial charge in [-0.1, -0.05) is 30.7 Å². The molecule has 8 nitrogen and oxygen atoms in total. The van der Waals surface area contributed by atoms with E-state index in [0.29, 0.717) is 29.4 Å². The van der Waals surface area contributed by atoms with Gasteiger partial charge in [0.2, 0.25) is 21.8 Å². The molecule has 1 N–H and O–H groups in total. The van der Waals surface area contributed by atoms with Crippen LogP contribution in [-0.4, -0.2) is 57.6 Å². The van der Waals surface area contributed by atoms with Gasteiger partial charge in [-0.15, -0.1) is 0 Å². The maximum atomic E-state index is 13.5. The number of methoxy groups -OCH3 is 1. The summed E-state index contributed by atoms with van der Waals surface area (Å²) >= 11 is 5.93. The highest BCUT2D eigenvalue weighted by atomic mass is 35.5. The van der Waals surface area contributed by atoms with Crippen LogP contribution in [0.25, 0.3) is 0 Å². The van der Waals surface area contributed by atoms with E-state index in [2.05, 4.69) is 5.32 Å². The van der Waals surface area contributed by atoms with Gasteiger partial charge >= 0.3 is 0 Å². The standard InChI is InChI=1S/C23H30ClN3O5S/c1-5-21(23(29)25-6-2)26(15-17-8-7-9-20(14-17)32-3)22(28)16-27(33(4,30)31)19-12-10-18(24)11-13-19/h7-14,21H,5-6,15-16H2,1-4H3,(H,25,29). The predicted octanol–water partition coefficient (Wildman–Crippen LogP) is 3.06. The van der Waals surface area contributed by atoms with Crippen molar-refractivity contribution in [3.8, 4) is 5.75 Å². The summed E-state index contributed by atoms with van der Waals surface area (Å²) in [6.07, 6.45) is 1.39. The molecular formula is C23H30ClN3O5S. The van der Waals surface area contributed by atoms with Crippen molar-refractivity contribution in [3.05, 3.63) is 59.1 Å². The van der Waals surface area contributed by atoms with Gasteiger partial charge in [0.15, 0.2) is 0 Å². The third-order valence-electron chi connectivity index (χ3n) is 5.02. The molecule has 2 rings (SSSR count). The maximum absolute atomic E-state index is 13.5. The lowest BCUT2D eigenvalue weighted by Gasteiger charge is -2.32. The van der Waals surface area contributed by atoms with E-state index >= 15 is 0 Å². The van der Waals surface area contributed by atoms with Crippen LogP contribution in [0.5, 0.6) is 5.75 Å². The van der Waals surface area contributed by atoms with Gasteiger partial charge in [-0.3, -0.25) is 13.9 Å². The molecule has 0 saturated carbocycles. The number of nitrogens with zero attached hydrogens (tertiary/aromatic N) is 2. The predicted molar refractivity (Wildman–Crippen MR) is 130 cm³/mol. The zero-order valence-corrected chi connectivity index (χ0v) is 20.8. The van der Waals surface area contributed by atoms with Crippen LogP contribution < -0.4 is 14.4 Å². The first-order valence-corrected chi connectivity index (χ1v) is 12.8. The molecule has 0 aromatic heterocycles. The fourth-order valence-electron chi connectivity index (χ4n) is 3.40. The summed E-state index contributed by atoms with van der Waals surface area (Å²) in [6.45, 7) is 3.67. The largest absolute Gasteiger partial charge is 0.497 e. The normalized spacial score (nSPS) is 12.0. The van der Waals surface area contributed by atoms with Crippen molar-refractivity contribution in [2.45, 2.75) is 32.9 Å². The van der Waals surface area contributed by atoms with Crippen LogP contribution in [0.2, 0.25) is 5.02 Å². The number of rotatable bonds is 11. The summed E-state index contributed by atoms with van der Waals surface area (Å²) in [4.78, 5) is 27.6. The van der Waals surface area contributed by atoms with E-state index in [9.17, 15) is 18.0 Å². The first kappa shape index (κ1) is 26.5. The van der Waals surface area contributed by atoms with E-state index in [0.717, 1.165) is 16.1 Å². The maximum Gasteiger partial charge on any atom is 0.244 e. The summed E-state index contributed by atoms with van der Waals surface area (Å²) in [5, 5.41) is 3.20. The number of amides is 2. The molecule has 0 aliphatic rings. The second kappa shape index (κ2) is 11.9. The highest BCUT2D eigenvalue weighted by Crippen LogP contribution is 2.22. The Bertz CT molecular complexity index is 1060. The number of hydrogen-bond acceptors (Lipinski definition) is 5. The van der Waals surface area contributed by atoms with Crippen LogP contribution in [0.15, 0.2) is 48.5 Å². The first-order valence-electron chi connectivity index (χ1n) is 10.5. The lowest BCUT2D eigenvalue weighted by atomic mass is 10.1. The molecule has 10 heteroatoms. The topological polar surface area (TPSA) is 96.0 Å². The molecule has 0 aliphatic carbocycles. The van der Waals surface area contributed by atoms with Crippen molar-refractivity contribution in [1.29, 1.82) is 0 Å². The number of halogens is 1. The fraction of sp³-hybridized carbons (Fsp3) is 0.391. The van der Waals surface area contributed by atoms with E-state index in [1.54, 1.807) is 51.3 Å². The molecule has 0 bridgehead atoms. The van der Waals surface area contributed by atoms with Crippen LogP contribution in [0, 0.1) is 0 Å². The second-order valence-corrected chi connectivity index (χ2v) is 9.78. The molecule has 0 fully saturated rings. The number of ether oxygens (including phenoxy) is 1. The van der Waals surface area contributed by atoms with E-state index in [-0.39, 0.29) is 12.5 Å². The lowest BCUT2D eigenvalue weighted by molar-refractivity contribution is -0.140. The monoisotopic (exact) mass is 495 g/mol. The van der Waals surface area contributed by atoms with Gasteiger partial charge in [0.25, 0.3) is 0 Å². The highest BCUT2D eigenvalue weighted by Gasteiger charge is 2.31. The Morgan fingerprint density at radius 3 is 2.33 bits per heavy atom. The zero-order chi connectivity index (χ0) is 24.6. The van der Waals surface area contributed by atoms with E-state index in [4.69, 9.17) is 16.3 Å². The summed E-state index contributed by atoms with van der Waals surface area (Å²) in [6, 6.07) is 12.6. The summed E-state index contributed by atoms with van der Waals surface area (Å²) < 4.78 is 31.3. The Kier molecular flexibility index (Phi) is 9.55. The number of sulfonamides is 1. The fourth-order valence-corrected chi connectivity index (χ4v) is 4.38. The Morgan fingerprint density at radius 1 is 1.12 bits per heavy atom. The van der Waals surface area contributed by atoms with Crippen LogP contribution >= 0.6 is 11.6 Å². The van der Waals surface area contributed by atoms with Gasteiger partial charge in [0, 0.05) is 18.1 Å². The molecule has 0 aliphatic heterocycles. The quantitative estimate of drug-likeness (QED) is 0.517. The molecule has 33 heavy (non-hydrogen) atoms.